The van der Waals surface area contributed by atoms with Crippen molar-refractivity contribution in [3.63, 3.8) is 0 Å². The van der Waals surface area contributed by atoms with E-state index >= 15 is 0 Å². The van der Waals surface area contributed by atoms with Crippen LogP contribution in [0.5, 0.6) is 0 Å². The molecule has 0 atom stereocenters. The molecule has 0 saturated heterocycles. The number of carbonyl (C=O) groups is 2. The SMILES string of the molecule is NCC(=O)O.NCC(=O)O.[SeH2]. The van der Waals surface area contributed by atoms with Crippen LogP contribution < -0.4 is 11.5 Å². The number of rotatable bonds is 2. The van der Waals surface area contributed by atoms with Crippen LogP contribution in [0, 0.1) is 0 Å². The average Bonchev–Trinajstić information content (AvgIpc) is 1.89. The Labute approximate surface area is 74.0 Å². The van der Waals surface area contributed by atoms with E-state index in [0.29, 0.717) is 0 Å². The van der Waals surface area contributed by atoms with Crippen LogP contribution in [0.4, 0.5) is 0 Å². The van der Waals surface area contributed by atoms with E-state index < -0.39 is 11.9 Å². The van der Waals surface area contributed by atoms with Crippen molar-refractivity contribution in [3.05, 3.63) is 0 Å². The molecular formula is C4H12N2O4Se. The van der Waals surface area contributed by atoms with E-state index in [-0.39, 0.29) is 30.2 Å². The first-order valence-corrected chi connectivity index (χ1v) is 2.38. The molecule has 7 heteroatoms. The molecule has 0 radical (unpaired) electrons. The van der Waals surface area contributed by atoms with Crippen LogP contribution in [-0.4, -0.2) is 52.3 Å². The van der Waals surface area contributed by atoms with Crippen LogP contribution in [0.25, 0.3) is 0 Å². The van der Waals surface area contributed by atoms with Gasteiger partial charge in [-0.3, -0.25) is 9.59 Å². The molecule has 0 unspecified atom stereocenters. The van der Waals surface area contributed by atoms with Gasteiger partial charge in [0.25, 0.3) is 0 Å². The number of carboxylic acids is 2. The summed E-state index contributed by atoms with van der Waals surface area (Å²) in [6.45, 7) is -0.556. The van der Waals surface area contributed by atoms with Crippen LogP contribution in [0.2, 0.25) is 0 Å². The first kappa shape index (κ1) is 16.8. The van der Waals surface area contributed by atoms with Crippen molar-refractivity contribution in [1.29, 1.82) is 0 Å². The molecule has 0 aromatic heterocycles. The summed E-state index contributed by atoms with van der Waals surface area (Å²) in [4.78, 5) is 18.5. The minimum absolute atomic E-state index is 0. The summed E-state index contributed by atoms with van der Waals surface area (Å²) >= 11 is 0. The summed E-state index contributed by atoms with van der Waals surface area (Å²) in [6.07, 6.45) is 0. The Bertz CT molecular complexity index is 105. The fraction of sp³-hybridized carbons (Fsp3) is 0.500. The summed E-state index contributed by atoms with van der Waals surface area (Å²) in [6, 6.07) is 0. The van der Waals surface area contributed by atoms with Crippen LogP contribution in [0.3, 0.4) is 0 Å². The van der Waals surface area contributed by atoms with Gasteiger partial charge in [0, 0.05) is 0 Å². The fourth-order valence-corrected chi connectivity index (χ4v) is 0. The quantitative estimate of drug-likeness (QED) is 0.379. The topological polar surface area (TPSA) is 127 Å². The van der Waals surface area contributed by atoms with Crippen LogP contribution in [0.1, 0.15) is 0 Å². The fourth-order valence-electron chi connectivity index (χ4n) is 0. The normalized spacial score (nSPS) is 6.73. The van der Waals surface area contributed by atoms with Crippen molar-refractivity contribution >= 4 is 29.0 Å². The van der Waals surface area contributed by atoms with Crippen molar-refractivity contribution in [3.8, 4) is 0 Å². The van der Waals surface area contributed by atoms with Gasteiger partial charge in [-0.05, 0) is 0 Å². The molecule has 0 saturated carbocycles. The molecule has 0 bridgehead atoms. The maximum absolute atomic E-state index is 9.24. The molecule has 0 spiro atoms. The molecule has 0 aliphatic rings. The monoisotopic (exact) mass is 232 g/mol. The van der Waals surface area contributed by atoms with Crippen molar-refractivity contribution in [1.82, 2.24) is 0 Å². The van der Waals surface area contributed by atoms with Gasteiger partial charge >= 0.3 is 29.0 Å². The van der Waals surface area contributed by atoms with Crippen molar-refractivity contribution in [2.24, 2.45) is 11.5 Å². The molecule has 0 amide bonds. The molecule has 11 heavy (non-hydrogen) atoms. The molecule has 0 fully saturated rings. The minimum atomic E-state index is -0.968. The van der Waals surface area contributed by atoms with Gasteiger partial charge in [-0.2, -0.15) is 0 Å². The van der Waals surface area contributed by atoms with Gasteiger partial charge in [-0.15, -0.1) is 0 Å². The first-order chi connectivity index (χ1) is 4.54. The van der Waals surface area contributed by atoms with Gasteiger partial charge in [0.1, 0.15) is 0 Å². The van der Waals surface area contributed by atoms with Gasteiger partial charge < -0.3 is 21.7 Å². The van der Waals surface area contributed by atoms with Crippen molar-refractivity contribution in [2.75, 3.05) is 13.1 Å². The molecule has 6 N–H and O–H groups in total. The molecule has 0 rings (SSSR count). The van der Waals surface area contributed by atoms with Crippen molar-refractivity contribution < 1.29 is 19.8 Å². The number of carboxylic acid groups (broad SMARTS) is 2. The van der Waals surface area contributed by atoms with Gasteiger partial charge in [-0.25, -0.2) is 0 Å². The predicted molar refractivity (Wildman–Crippen MR) is 41.9 cm³/mol. The van der Waals surface area contributed by atoms with E-state index in [4.69, 9.17) is 10.2 Å². The molecule has 6 nitrogen and oxygen atoms in total. The van der Waals surface area contributed by atoms with Crippen LogP contribution in [0.15, 0.2) is 0 Å². The first-order valence-electron chi connectivity index (χ1n) is 2.38. The van der Waals surface area contributed by atoms with Crippen LogP contribution >= 0.6 is 0 Å². The van der Waals surface area contributed by atoms with Gasteiger partial charge in [-0.1, -0.05) is 0 Å². The summed E-state index contributed by atoms with van der Waals surface area (Å²) in [7, 11) is 0. The molecule has 0 aliphatic heterocycles. The van der Waals surface area contributed by atoms with Crippen molar-refractivity contribution in [2.45, 2.75) is 0 Å². The zero-order chi connectivity index (χ0) is 8.57. The third-order valence-corrected chi connectivity index (χ3v) is 0.349. The molecule has 0 aliphatic carbocycles. The summed E-state index contributed by atoms with van der Waals surface area (Å²) in [5.74, 6) is -1.94. The standard InChI is InChI=1S/2C2H5NO2.H2Se/c2*3-1-2(4)5;/h2*1,3H2,(H,4,5);1H2. The predicted octanol–water partition coefficient (Wildman–Crippen LogP) is -2.86. The number of hydrogen-bond acceptors (Lipinski definition) is 4. The Kier molecular flexibility index (Phi) is 18.4. The Balaban J connectivity index is -0.000000107. The van der Waals surface area contributed by atoms with Gasteiger partial charge in [0.05, 0.1) is 13.1 Å². The van der Waals surface area contributed by atoms with E-state index in [0.717, 1.165) is 0 Å². The van der Waals surface area contributed by atoms with E-state index in [1.54, 1.807) is 0 Å². The summed E-state index contributed by atoms with van der Waals surface area (Å²) < 4.78 is 0. The summed E-state index contributed by atoms with van der Waals surface area (Å²) in [5.41, 5.74) is 9.14. The molecule has 0 heterocycles. The second-order valence-corrected chi connectivity index (χ2v) is 1.20. The number of hydrogen-bond donors (Lipinski definition) is 4. The third-order valence-electron chi connectivity index (χ3n) is 0.349. The number of nitrogens with two attached hydrogens (primary N) is 2. The Hall–Kier alpha value is -0.621. The second-order valence-electron chi connectivity index (χ2n) is 1.20. The molecule has 0 aromatic carbocycles. The Morgan fingerprint density at radius 2 is 1.09 bits per heavy atom. The van der Waals surface area contributed by atoms with Crippen LogP contribution in [-0.2, 0) is 9.59 Å². The van der Waals surface area contributed by atoms with E-state index in [9.17, 15) is 9.59 Å². The second kappa shape index (κ2) is 12.1. The maximum atomic E-state index is 9.24. The third kappa shape index (κ3) is 44.7. The molecular weight excluding hydrogens is 219 g/mol. The number of aliphatic carboxylic acids is 2. The molecule has 0 aromatic rings. The van der Waals surface area contributed by atoms with Gasteiger partial charge in [0.15, 0.2) is 0 Å². The van der Waals surface area contributed by atoms with E-state index in [2.05, 4.69) is 11.5 Å². The zero-order valence-electron chi connectivity index (χ0n) is 5.78. The average molecular weight is 231 g/mol. The van der Waals surface area contributed by atoms with E-state index in [1.165, 1.54) is 0 Å². The molecule has 68 valence electrons. The zero-order valence-corrected chi connectivity index (χ0v) is 7.88. The summed E-state index contributed by atoms with van der Waals surface area (Å²) in [5, 5.41) is 15.2. The Morgan fingerprint density at radius 3 is 1.09 bits per heavy atom. The van der Waals surface area contributed by atoms with Gasteiger partial charge in [0.2, 0.25) is 0 Å². The Morgan fingerprint density at radius 1 is 1.00 bits per heavy atom. The van der Waals surface area contributed by atoms with E-state index in [1.807, 2.05) is 0 Å².